The third-order valence-corrected chi connectivity index (χ3v) is 2.09. The molecule has 3 nitrogen and oxygen atoms in total. The summed E-state index contributed by atoms with van der Waals surface area (Å²) in [5.41, 5.74) is 0.531. The van der Waals surface area contributed by atoms with Crippen LogP contribution in [0.5, 0.6) is 0 Å². The smallest absolute Gasteiger partial charge is 0.217 e. The highest BCUT2D eigenvalue weighted by molar-refractivity contribution is 6.31. The Hall–Kier alpha value is -1.35. The van der Waals surface area contributed by atoms with E-state index in [1.807, 2.05) is 0 Å². The highest BCUT2D eigenvalue weighted by atomic mass is 35.5. The van der Waals surface area contributed by atoms with Crippen molar-refractivity contribution in [2.24, 2.45) is 7.05 Å². The van der Waals surface area contributed by atoms with Crippen LogP contribution in [0, 0.1) is 6.20 Å². The molecule has 0 saturated carbocycles. The van der Waals surface area contributed by atoms with E-state index in [4.69, 9.17) is 11.6 Å². The maximum atomic E-state index is 11.3. The number of hydrogen-bond donors (Lipinski definition) is 0. The summed E-state index contributed by atoms with van der Waals surface area (Å²) in [6.07, 6.45) is 2.37. The quantitative estimate of drug-likeness (QED) is 0.634. The van der Waals surface area contributed by atoms with Crippen molar-refractivity contribution in [3.05, 3.63) is 39.6 Å². The van der Waals surface area contributed by atoms with E-state index in [1.165, 1.54) is 0 Å². The molecule has 0 spiro atoms. The van der Waals surface area contributed by atoms with E-state index in [1.54, 1.807) is 29.9 Å². The van der Waals surface area contributed by atoms with Gasteiger partial charge in [-0.1, -0.05) is 11.6 Å². The van der Waals surface area contributed by atoms with Gasteiger partial charge in [-0.05, 0) is 18.2 Å². The molecule has 0 bridgehead atoms. The first kappa shape index (κ1) is 8.26. The second-order valence-corrected chi connectivity index (χ2v) is 3.16. The van der Waals surface area contributed by atoms with Crippen molar-refractivity contribution in [1.29, 1.82) is 0 Å². The summed E-state index contributed by atoms with van der Waals surface area (Å²) in [7, 11) is 1.76. The van der Waals surface area contributed by atoms with Gasteiger partial charge in [-0.25, -0.2) is 0 Å². The van der Waals surface area contributed by atoms with Gasteiger partial charge in [0.05, 0.1) is 10.9 Å². The number of aryl methyl sites for hydroxylation is 1. The van der Waals surface area contributed by atoms with Crippen LogP contribution in [-0.2, 0) is 7.05 Å². The molecular formula is C9H6ClN2O. The van der Waals surface area contributed by atoms with Crippen LogP contribution in [0.15, 0.2) is 23.0 Å². The summed E-state index contributed by atoms with van der Waals surface area (Å²) in [5, 5.41) is 4.86. The highest BCUT2D eigenvalue weighted by Gasteiger charge is 2.01. The molecule has 0 atom stereocenters. The van der Waals surface area contributed by atoms with E-state index in [9.17, 15) is 4.79 Å². The SMILES string of the molecule is Cn1n[c]c(=O)c2cc(Cl)ccc21. The van der Waals surface area contributed by atoms with E-state index in [0.717, 1.165) is 5.52 Å². The fourth-order valence-corrected chi connectivity index (χ4v) is 1.38. The molecule has 0 saturated heterocycles. The van der Waals surface area contributed by atoms with Gasteiger partial charge < -0.3 is 0 Å². The van der Waals surface area contributed by atoms with Crippen molar-refractivity contribution in [2.75, 3.05) is 0 Å². The summed E-state index contributed by atoms with van der Waals surface area (Å²) in [4.78, 5) is 11.3. The highest BCUT2D eigenvalue weighted by Crippen LogP contribution is 2.14. The van der Waals surface area contributed by atoms with Crippen LogP contribution >= 0.6 is 11.6 Å². The first-order chi connectivity index (χ1) is 6.18. The number of aromatic nitrogens is 2. The van der Waals surface area contributed by atoms with E-state index in [2.05, 4.69) is 11.3 Å². The average molecular weight is 194 g/mol. The molecular weight excluding hydrogens is 188 g/mol. The Morgan fingerprint density at radius 2 is 2.31 bits per heavy atom. The lowest BCUT2D eigenvalue weighted by Crippen LogP contribution is -2.09. The molecule has 1 aromatic heterocycles. The summed E-state index contributed by atoms with van der Waals surface area (Å²) < 4.78 is 1.59. The van der Waals surface area contributed by atoms with Crippen LogP contribution < -0.4 is 5.43 Å². The van der Waals surface area contributed by atoms with Gasteiger partial charge in [0.2, 0.25) is 5.43 Å². The van der Waals surface area contributed by atoms with Crippen molar-refractivity contribution in [1.82, 2.24) is 9.78 Å². The van der Waals surface area contributed by atoms with Crippen molar-refractivity contribution < 1.29 is 0 Å². The minimum atomic E-state index is -0.226. The second-order valence-electron chi connectivity index (χ2n) is 2.73. The normalized spacial score (nSPS) is 10.6. The molecule has 0 aliphatic carbocycles. The molecule has 0 aliphatic rings. The molecule has 0 aliphatic heterocycles. The van der Waals surface area contributed by atoms with E-state index >= 15 is 0 Å². The lowest BCUT2D eigenvalue weighted by Gasteiger charge is -2.01. The number of hydrogen-bond acceptors (Lipinski definition) is 2. The largest absolute Gasteiger partial charge is 0.287 e. The monoisotopic (exact) mass is 193 g/mol. The minimum absolute atomic E-state index is 0.226. The zero-order valence-corrected chi connectivity index (χ0v) is 7.67. The van der Waals surface area contributed by atoms with Crippen molar-refractivity contribution >= 4 is 22.5 Å². The molecule has 0 amide bonds. The first-order valence-corrected chi connectivity index (χ1v) is 4.10. The van der Waals surface area contributed by atoms with Crippen molar-refractivity contribution in [3.8, 4) is 0 Å². The molecule has 13 heavy (non-hydrogen) atoms. The molecule has 0 N–H and O–H groups in total. The van der Waals surface area contributed by atoms with Crippen molar-refractivity contribution in [3.63, 3.8) is 0 Å². The molecule has 65 valence electrons. The fourth-order valence-electron chi connectivity index (χ4n) is 1.21. The molecule has 0 fully saturated rings. The molecule has 1 radical (unpaired) electrons. The fraction of sp³-hybridized carbons (Fsp3) is 0.111. The predicted molar refractivity (Wildman–Crippen MR) is 50.8 cm³/mol. The Morgan fingerprint density at radius 1 is 1.54 bits per heavy atom. The number of rotatable bonds is 0. The maximum Gasteiger partial charge on any atom is 0.217 e. The van der Waals surface area contributed by atoms with Crippen LogP contribution in [0.25, 0.3) is 10.9 Å². The van der Waals surface area contributed by atoms with E-state index in [-0.39, 0.29) is 5.43 Å². The van der Waals surface area contributed by atoms with Gasteiger partial charge in [0.15, 0.2) is 6.20 Å². The number of halogens is 1. The average Bonchev–Trinajstić information content (AvgIpc) is 2.12. The molecule has 2 aromatic rings. The molecule has 1 aromatic carbocycles. The van der Waals surface area contributed by atoms with E-state index < -0.39 is 0 Å². The zero-order chi connectivity index (χ0) is 9.42. The van der Waals surface area contributed by atoms with Crippen LogP contribution in [0.3, 0.4) is 0 Å². The summed E-state index contributed by atoms with van der Waals surface area (Å²) in [6, 6.07) is 5.11. The van der Waals surface area contributed by atoms with Gasteiger partial charge >= 0.3 is 0 Å². The van der Waals surface area contributed by atoms with Gasteiger partial charge in [0.1, 0.15) is 0 Å². The number of nitrogens with zero attached hydrogens (tertiary/aromatic N) is 2. The van der Waals surface area contributed by atoms with Gasteiger partial charge in [-0.2, -0.15) is 5.10 Å². The second kappa shape index (κ2) is 2.85. The number of fused-ring (bicyclic) bond motifs is 1. The predicted octanol–water partition coefficient (Wildman–Crippen LogP) is 1.39. The Balaban J connectivity index is 3.01. The Labute approximate surface area is 79.6 Å². The lowest BCUT2D eigenvalue weighted by molar-refractivity contribution is 0.769. The summed E-state index contributed by atoms with van der Waals surface area (Å²) in [5.74, 6) is 0. The van der Waals surface area contributed by atoms with E-state index in [0.29, 0.717) is 10.4 Å². The van der Waals surface area contributed by atoms with Gasteiger partial charge in [0.25, 0.3) is 0 Å². The molecule has 1 heterocycles. The first-order valence-electron chi connectivity index (χ1n) is 3.73. The van der Waals surface area contributed by atoms with Crippen LogP contribution in [0.4, 0.5) is 0 Å². The third-order valence-electron chi connectivity index (χ3n) is 1.85. The summed E-state index contributed by atoms with van der Waals surface area (Å²) in [6.45, 7) is 0. The standard InChI is InChI=1S/C9H6ClN2O/c1-12-8-3-2-6(10)4-7(8)9(13)5-11-12/h2-4H,1H3. The van der Waals surface area contributed by atoms with Crippen LogP contribution in [-0.4, -0.2) is 9.78 Å². The Bertz CT molecular complexity index is 518. The van der Waals surface area contributed by atoms with Gasteiger partial charge in [-0.3, -0.25) is 9.48 Å². The Kier molecular flexibility index (Phi) is 1.81. The van der Waals surface area contributed by atoms with Gasteiger partial charge in [0, 0.05) is 12.1 Å². The van der Waals surface area contributed by atoms with Gasteiger partial charge in [-0.15, -0.1) is 0 Å². The zero-order valence-electron chi connectivity index (χ0n) is 6.91. The topological polar surface area (TPSA) is 34.9 Å². The minimum Gasteiger partial charge on any atom is -0.287 e. The molecule has 2 rings (SSSR count). The maximum absolute atomic E-state index is 11.3. The van der Waals surface area contributed by atoms with Crippen LogP contribution in [0.2, 0.25) is 5.02 Å². The molecule has 0 unspecified atom stereocenters. The van der Waals surface area contributed by atoms with Crippen LogP contribution in [0.1, 0.15) is 0 Å². The van der Waals surface area contributed by atoms with Crippen molar-refractivity contribution in [2.45, 2.75) is 0 Å². The molecule has 4 heteroatoms. The third kappa shape index (κ3) is 1.31. The summed E-state index contributed by atoms with van der Waals surface area (Å²) >= 11 is 5.76. The number of benzene rings is 1. The lowest BCUT2D eigenvalue weighted by atomic mass is 10.2. The Morgan fingerprint density at radius 3 is 3.08 bits per heavy atom.